The van der Waals surface area contributed by atoms with Gasteiger partial charge in [0, 0.05) is 17.5 Å². The molecule has 1 atom stereocenters. The quantitative estimate of drug-likeness (QED) is 0.389. The maximum Gasteiger partial charge on any atom is 0.310 e. The van der Waals surface area contributed by atoms with Gasteiger partial charge in [0.15, 0.2) is 5.60 Å². The molecule has 1 heterocycles. The van der Waals surface area contributed by atoms with Crippen LogP contribution in [0, 0.1) is 5.92 Å². The third-order valence-corrected chi connectivity index (χ3v) is 6.67. The monoisotopic (exact) mass is 434 g/mol. The first kappa shape index (κ1) is 21.2. The predicted octanol–water partition coefficient (Wildman–Crippen LogP) is 5.82. The molecule has 33 heavy (non-hydrogen) atoms. The average Bonchev–Trinajstić information content (AvgIpc) is 3.23. The van der Waals surface area contributed by atoms with E-state index in [4.69, 9.17) is 4.74 Å². The number of benzene rings is 4. The maximum absolute atomic E-state index is 13.3. The number of hydrogen-bond acceptors (Lipinski definition) is 3. The van der Waals surface area contributed by atoms with Gasteiger partial charge in [-0.2, -0.15) is 0 Å². The Labute approximate surface area is 194 Å². The molecular formula is C30H26O3. The molecule has 5 rings (SSSR count). The van der Waals surface area contributed by atoms with Crippen molar-refractivity contribution in [3.05, 3.63) is 144 Å². The van der Waals surface area contributed by atoms with E-state index in [1.165, 1.54) is 0 Å². The SMILES string of the molecule is O=C1OC(c2ccccc2)(c2ccccc2)C[C@@H]1CC(O)(c1ccccc1)c1ccccc1. The number of carbonyl (C=O) groups excluding carboxylic acids is 1. The van der Waals surface area contributed by atoms with E-state index >= 15 is 0 Å². The zero-order valence-electron chi connectivity index (χ0n) is 18.3. The minimum atomic E-state index is -1.31. The van der Waals surface area contributed by atoms with Crippen LogP contribution in [0.2, 0.25) is 0 Å². The molecule has 0 aliphatic carbocycles. The highest BCUT2D eigenvalue weighted by molar-refractivity contribution is 5.77. The summed E-state index contributed by atoms with van der Waals surface area (Å²) in [6, 6.07) is 38.9. The molecule has 0 amide bonds. The number of esters is 1. The van der Waals surface area contributed by atoms with Crippen LogP contribution in [0.3, 0.4) is 0 Å². The molecular weight excluding hydrogens is 408 g/mol. The van der Waals surface area contributed by atoms with E-state index in [-0.39, 0.29) is 12.4 Å². The van der Waals surface area contributed by atoms with Gasteiger partial charge in [-0.25, -0.2) is 0 Å². The third-order valence-electron chi connectivity index (χ3n) is 6.67. The molecule has 3 nitrogen and oxygen atoms in total. The Hall–Kier alpha value is -3.69. The number of ether oxygens (including phenoxy) is 1. The van der Waals surface area contributed by atoms with Crippen molar-refractivity contribution < 1.29 is 14.6 Å². The number of cyclic esters (lactones) is 1. The lowest BCUT2D eigenvalue weighted by Gasteiger charge is -2.32. The molecule has 0 radical (unpaired) electrons. The van der Waals surface area contributed by atoms with Crippen molar-refractivity contribution in [2.75, 3.05) is 0 Å². The van der Waals surface area contributed by atoms with Crippen molar-refractivity contribution in [2.24, 2.45) is 5.92 Å². The summed E-state index contributed by atoms with van der Waals surface area (Å²) < 4.78 is 6.20. The van der Waals surface area contributed by atoms with Crippen molar-refractivity contribution in [3.63, 3.8) is 0 Å². The molecule has 4 aromatic carbocycles. The van der Waals surface area contributed by atoms with E-state index in [9.17, 15) is 9.90 Å². The number of hydrogen-bond donors (Lipinski definition) is 1. The highest BCUT2D eigenvalue weighted by atomic mass is 16.6. The summed E-state index contributed by atoms with van der Waals surface area (Å²) in [5.74, 6) is -0.760. The Bertz CT molecular complexity index is 1130. The minimum absolute atomic E-state index is 0.237. The Morgan fingerprint density at radius 2 is 1.09 bits per heavy atom. The summed E-state index contributed by atoms with van der Waals surface area (Å²) >= 11 is 0. The van der Waals surface area contributed by atoms with Crippen LogP contribution in [0.15, 0.2) is 121 Å². The maximum atomic E-state index is 13.3. The summed E-state index contributed by atoms with van der Waals surface area (Å²) in [6.07, 6.45) is 0.698. The first-order valence-electron chi connectivity index (χ1n) is 11.3. The Kier molecular flexibility index (Phi) is 5.57. The lowest BCUT2D eigenvalue weighted by atomic mass is 9.75. The van der Waals surface area contributed by atoms with Gasteiger partial charge in [0.1, 0.15) is 5.60 Å². The largest absolute Gasteiger partial charge is 0.449 e. The number of rotatable bonds is 6. The predicted molar refractivity (Wildman–Crippen MR) is 128 cm³/mol. The lowest BCUT2D eigenvalue weighted by Crippen LogP contribution is -2.32. The fourth-order valence-electron chi connectivity index (χ4n) is 5.00. The average molecular weight is 435 g/mol. The second-order valence-electron chi connectivity index (χ2n) is 8.68. The van der Waals surface area contributed by atoms with E-state index in [2.05, 4.69) is 0 Å². The fraction of sp³-hybridized carbons (Fsp3) is 0.167. The molecule has 0 aromatic heterocycles. The number of aliphatic hydroxyl groups is 1. The summed E-state index contributed by atoms with van der Waals surface area (Å²) in [5.41, 5.74) is 1.22. The molecule has 1 aliphatic rings. The number of carbonyl (C=O) groups is 1. The van der Waals surface area contributed by atoms with Gasteiger partial charge >= 0.3 is 5.97 Å². The van der Waals surface area contributed by atoms with E-state index in [1.807, 2.05) is 121 Å². The van der Waals surface area contributed by atoms with Gasteiger partial charge in [-0.15, -0.1) is 0 Å². The molecule has 0 bridgehead atoms. The van der Waals surface area contributed by atoms with Crippen molar-refractivity contribution in [1.82, 2.24) is 0 Å². The van der Waals surface area contributed by atoms with E-state index in [1.54, 1.807) is 0 Å². The van der Waals surface area contributed by atoms with Crippen molar-refractivity contribution >= 4 is 5.97 Å². The van der Waals surface area contributed by atoms with Crippen LogP contribution < -0.4 is 0 Å². The molecule has 1 saturated heterocycles. The zero-order chi connectivity index (χ0) is 22.7. The van der Waals surface area contributed by atoms with Gasteiger partial charge in [0.25, 0.3) is 0 Å². The molecule has 3 heteroatoms. The first-order valence-corrected chi connectivity index (χ1v) is 11.3. The van der Waals surface area contributed by atoms with E-state index in [0.29, 0.717) is 6.42 Å². The molecule has 1 aliphatic heterocycles. The molecule has 0 unspecified atom stereocenters. The highest BCUT2D eigenvalue weighted by Crippen LogP contribution is 2.49. The van der Waals surface area contributed by atoms with Crippen molar-refractivity contribution in [3.8, 4) is 0 Å². The minimum Gasteiger partial charge on any atom is -0.449 e. The summed E-state index contributed by atoms with van der Waals surface area (Å²) in [4.78, 5) is 13.3. The smallest absolute Gasteiger partial charge is 0.310 e. The van der Waals surface area contributed by atoms with Crippen LogP contribution in [0.4, 0.5) is 0 Å². The van der Waals surface area contributed by atoms with Crippen molar-refractivity contribution in [1.29, 1.82) is 0 Å². The fourth-order valence-corrected chi connectivity index (χ4v) is 5.00. The van der Waals surface area contributed by atoms with Gasteiger partial charge < -0.3 is 9.84 Å². The molecule has 4 aromatic rings. The molecule has 164 valence electrons. The van der Waals surface area contributed by atoms with Crippen LogP contribution in [-0.2, 0) is 20.7 Å². The van der Waals surface area contributed by atoms with Gasteiger partial charge in [-0.1, -0.05) is 121 Å². The highest BCUT2D eigenvalue weighted by Gasteiger charge is 2.51. The van der Waals surface area contributed by atoms with Crippen molar-refractivity contribution in [2.45, 2.75) is 24.0 Å². The van der Waals surface area contributed by atoms with E-state index < -0.39 is 17.1 Å². The topological polar surface area (TPSA) is 46.5 Å². The molecule has 0 saturated carbocycles. The zero-order valence-corrected chi connectivity index (χ0v) is 18.3. The Balaban J connectivity index is 1.56. The Morgan fingerprint density at radius 1 is 0.697 bits per heavy atom. The van der Waals surface area contributed by atoms with Crippen LogP contribution in [0.25, 0.3) is 0 Å². The summed E-state index contributed by atoms with van der Waals surface area (Å²) in [5, 5.41) is 12.0. The second-order valence-corrected chi connectivity index (χ2v) is 8.68. The van der Waals surface area contributed by atoms with Gasteiger partial charge in [0.05, 0.1) is 5.92 Å². The summed E-state index contributed by atoms with van der Waals surface area (Å²) in [6.45, 7) is 0. The van der Waals surface area contributed by atoms with Crippen LogP contribution in [0.1, 0.15) is 35.1 Å². The standard InChI is InChI=1S/C30H26O3/c31-28-23(21-29(32,24-13-5-1-6-14-24)25-15-7-2-8-16-25)22-30(33-28,26-17-9-3-10-18-26)27-19-11-4-12-20-27/h1-20,23,32H,21-22H2/t23-/m0/s1. The second kappa shape index (κ2) is 8.68. The van der Waals surface area contributed by atoms with Crippen LogP contribution in [-0.4, -0.2) is 11.1 Å². The third kappa shape index (κ3) is 3.85. The lowest BCUT2D eigenvalue weighted by molar-refractivity contribution is -0.149. The molecule has 1 N–H and O–H groups in total. The van der Waals surface area contributed by atoms with Crippen LogP contribution >= 0.6 is 0 Å². The Morgan fingerprint density at radius 3 is 1.52 bits per heavy atom. The normalized spacial score (nSPS) is 17.5. The van der Waals surface area contributed by atoms with Gasteiger partial charge in [-0.05, 0) is 17.5 Å². The van der Waals surface area contributed by atoms with E-state index in [0.717, 1.165) is 22.3 Å². The first-order chi connectivity index (χ1) is 16.1. The van der Waals surface area contributed by atoms with Gasteiger partial charge in [0.2, 0.25) is 0 Å². The summed E-state index contributed by atoms with van der Waals surface area (Å²) in [7, 11) is 0. The molecule has 1 fully saturated rings. The van der Waals surface area contributed by atoms with Gasteiger partial charge in [-0.3, -0.25) is 4.79 Å². The van der Waals surface area contributed by atoms with Crippen LogP contribution in [0.5, 0.6) is 0 Å². The molecule has 0 spiro atoms.